The predicted octanol–water partition coefficient (Wildman–Crippen LogP) is 3.24. The molecule has 2 aromatic rings. The number of amides is 2. The summed E-state index contributed by atoms with van der Waals surface area (Å²) < 4.78 is 5.65. The van der Waals surface area contributed by atoms with Gasteiger partial charge in [-0.2, -0.15) is 0 Å². The lowest BCUT2D eigenvalue weighted by molar-refractivity contribution is -0.122. The van der Waals surface area contributed by atoms with Crippen molar-refractivity contribution >= 4 is 34.8 Å². The van der Waals surface area contributed by atoms with Gasteiger partial charge in [0.05, 0.1) is 0 Å². The lowest BCUT2D eigenvalue weighted by Crippen LogP contribution is -2.31. The van der Waals surface area contributed by atoms with Crippen LogP contribution in [0.1, 0.15) is 12.5 Å². The molecular formula is C17H15ClN2O3. The molecule has 118 valence electrons. The summed E-state index contributed by atoms with van der Waals surface area (Å²) in [7, 11) is 0. The van der Waals surface area contributed by atoms with Crippen LogP contribution in [0.4, 0.5) is 11.4 Å². The Morgan fingerprint density at radius 3 is 2.61 bits per heavy atom. The Morgan fingerprint density at radius 1 is 1.13 bits per heavy atom. The van der Waals surface area contributed by atoms with Crippen molar-refractivity contribution in [2.75, 3.05) is 10.6 Å². The lowest BCUT2D eigenvalue weighted by Gasteiger charge is -2.12. The second-order valence-corrected chi connectivity index (χ2v) is 5.75. The summed E-state index contributed by atoms with van der Waals surface area (Å²) in [6, 6.07) is 12.3. The molecule has 2 aromatic carbocycles. The normalized spacial score (nSPS) is 15.5. The molecule has 1 atom stereocenters. The van der Waals surface area contributed by atoms with Gasteiger partial charge in [0.25, 0.3) is 5.91 Å². The van der Waals surface area contributed by atoms with Gasteiger partial charge in [-0.1, -0.05) is 17.7 Å². The standard InChI is InChI=1S/C17H15ClN2O3/c1-10(21)19-13-3-2-4-14(9-13)20-17(22)16-8-11-7-12(18)5-6-15(11)23-16/h2-7,9,16H,8H2,1H3,(H,19,21)(H,20,22). The van der Waals surface area contributed by atoms with E-state index in [0.29, 0.717) is 28.6 Å². The molecule has 6 heteroatoms. The highest BCUT2D eigenvalue weighted by Crippen LogP contribution is 2.31. The molecule has 23 heavy (non-hydrogen) atoms. The number of fused-ring (bicyclic) bond motifs is 1. The van der Waals surface area contributed by atoms with Crippen LogP contribution in [-0.4, -0.2) is 17.9 Å². The van der Waals surface area contributed by atoms with E-state index in [4.69, 9.17) is 16.3 Å². The van der Waals surface area contributed by atoms with Gasteiger partial charge in [0.2, 0.25) is 5.91 Å². The van der Waals surface area contributed by atoms with E-state index in [1.807, 2.05) is 6.07 Å². The van der Waals surface area contributed by atoms with Crippen molar-refractivity contribution in [2.24, 2.45) is 0 Å². The van der Waals surface area contributed by atoms with E-state index < -0.39 is 6.10 Å². The van der Waals surface area contributed by atoms with E-state index in [2.05, 4.69) is 10.6 Å². The van der Waals surface area contributed by atoms with Gasteiger partial charge in [-0.3, -0.25) is 9.59 Å². The van der Waals surface area contributed by atoms with E-state index in [1.165, 1.54) is 6.92 Å². The fourth-order valence-corrected chi connectivity index (χ4v) is 2.66. The van der Waals surface area contributed by atoms with E-state index in [0.717, 1.165) is 5.56 Å². The number of rotatable bonds is 3. The van der Waals surface area contributed by atoms with E-state index in [1.54, 1.807) is 36.4 Å². The molecule has 0 radical (unpaired) electrons. The molecule has 2 N–H and O–H groups in total. The maximum atomic E-state index is 12.3. The second kappa shape index (κ2) is 6.30. The van der Waals surface area contributed by atoms with Crippen molar-refractivity contribution in [2.45, 2.75) is 19.4 Å². The van der Waals surface area contributed by atoms with Gasteiger partial charge in [-0.05, 0) is 42.0 Å². The van der Waals surface area contributed by atoms with Gasteiger partial charge < -0.3 is 15.4 Å². The van der Waals surface area contributed by atoms with E-state index in [9.17, 15) is 9.59 Å². The molecule has 0 aliphatic carbocycles. The molecular weight excluding hydrogens is 316 g/mol. The molecule has 5 nitrogen and oxygen atoms in total. The maximum absolute atomic E-state index is 12.3. The Balaban J connectivity index is 1.68. The second-order valence-electron chi connectivity index (χ2n) is 5.31. The third-order valence-electron chi connectivity index (χ3n) is 3.44. The third-order valence-corrected chi connectivity index (χ3v) is 3.68. The first-order valence-corrected chi connectivity index (χ1v) is 7.52. The average Bonchev–Trinajstić information content (AvgIpc) is 2.90. The van der Waals surface area contributed by atoms with Gasteiger partial charge in [0, 0.05) is 29.7 Å². The van der Waals surface area contributed by atoms with Crippen molar-refractivity contribution in [3.63, 3.8) is 0 Å². The van der Waals surface area contributed by atoms with Gasteiger partial charge >= 0.3 is 0 Å². The highest BCUT2D eigenvalue weighted by molar-refractivity contribution is 6.30. The van der Waals surface area contributed by atoms with Gasteiger partial charge in [0.1, 0.15) is 5.75 Å². The number of hydrogen-bond acceptors (Lipinski definition) is 3. The lowest BCUT2D eigenvalue weighted by atomic mass is 10.1. The van der Waals surface area contributed by atoms with Crippen molar-refractivity contribution in [3.05, 3.63) is 53.1 Å². The number of hydrogen-bond donors (Lipinski definition) is 2. The maximum Gasteiger partial charge on any atom is 0.265 e. The van der Waals surface area contributed by atoms with Crippen LogP contribution in [0.5, 0.6) is 5.75 Å². The molecule has 3 rings (SSSR count). The van der Waals surface area contributed by atoms with E-state index >= 15 is 0 Å². The molecule has 1 aliphatic rings. The summed E-state index contributed by atoms with van der Waals surface area (Å²) in [5.41, 5.74) is 2.14. The number of benzene rings is 2. The Labute approximate surface area is 138 Å². The zero-order chi connectivity index (χ0) is 16.4. The Hall–Kier alpha value is -2.53. The summed E-state index contributed by atoms with van der Waals surface area (Å²) in [4.78, 5) is 23.4. The van der Waals surface area contributed by atoms with Crippen LogP contribution < -0.4 is 15.4 Å². The fraction of sp³-hybridized carbons (Fsp3) is 0.176. The predicted molar refractivity (Wildman–Crippen MR) is 88.9 cm³/mol. The topological polar surface area (TPSA) is 67.4 Å². The van der Waals surface area contributed by atoms with Crippen molar-refractivity contribution < 1.29 is 14.3 Å². The molecule has 0 aromatic heterocycles. The number of halogens is 1. The SMILES string of the molecule is CC(=O)Nc1cccc(NC(=O)C2Cc3cc(Cl)ccc3O2)c1. The first kappa shape index (κ1) is 15.4. The van der Waals surface area contributed by atoms with Crippen molar-refractivity contribution in [1.29, 1.82) is 0 Å². The zero-order valence-corrected chi connectivity index (χ0v) is 13.2. The van der Waals surface area contributed by atoms with Crippen LogP contribution in [0.2, 0.25) is 5.02 Å². The summed E-state index contributed by atoms with van der Waals surface area (Å²) in [5.74, 6) is 0.277. The Kier molecular flexibility index (Phi) is 4.21. The number of carbonyl (C=O) groups excluding carboxylic acids is 2. The summed E-state index contributed by atoms with van der Waals surface area (Å²) >= 11 is 5.95. The van der Waals surface area contributed by atoms with Crippen LogP contribution in [0.3, 0.4) is 0 Å². The molecule has 1 aliphatic heterocycles. The fourth-order valence-electron chi connectivity index (χ4n) is 2.46. The Bertz CT molecular complexity index is 776. The van der Waals surface area contributed by atoms with Gasteiger partial charge in [-0.15, -0.1) is 0 Å². The number of ether oxygens (including phenoxy) is 1. The number of carbonyl (C=O) groups is 2. The first-order chi connectivity index (χ1) is 11.0. The van der Waals surface area contributed by atoms with E-state index in [-0.39, 0.29) is 11.8 Å². The average molecular weight is 331 g/mol. The van der Waals surface area contributed by atoms with Crippen LogP contribution in [-0.2, 0) is 16.0 Å². The highest BCUT2D eigenvalue weighted by atomic mass is 35.5. The molecule has 0 saturated carbocycles. The van der Waals surface area contributed by atoms with Crippen molar-refractivity contribution in [3.8, 4) is 5.75 Å². The minimum absolute atomic E-state index is 0.167. The minimum Gasteiger partial charge on any atom is -0.480 e. The monoisotopic (exact) mass is 330 g/mol. The molecule has 1 heterocycles. The summed E-state index contributed by atoms with van der Waals surface area (Å²) in [6.45, 7) is 1.43. The zero-order valence-electron chi connectivity index (χ0n) is 12.4. The first-order valence-electron chi connectivity index (χ1n) is 7.15. The molecule has 0 spiro atoms. The minimum atomic E-state index is -0.590. The summed E-state index contributed by atoms with van der Waals surface area (Å²) in [5, 5.41) is 6.09. The molecule has 1 unspecified atom stereocenters. The van der Waals surface area contributed by atoms with Gasteiger partial charge in [0.15, 0.2) is 6.10 Å². The van der Waals surface area contributed by atoms with Crippen LogP contribution in [0.15, 0.2) is 42.5 Å². The van der Waals surface area contributed by atoms with Gasteiger partial charge in [-0.25, -0.2) is 0 Å². The van der Waals surface area contributed by atoms with Crippen LogP contribution in [0.25, 0.3) is 0 Å². The largest absolute Gasteiger partial charge is 0.480 e. The highest BCUT2D eigenvalue weighted by Gasteiger charge is 2.29. The van der Waals surface area contributed by atoms with Crippen LogP contribution >= 0.6 is 11.6 Å². The molecule has 0 bridgehead atoms. The quantitative estimate of drug-likeness (QED) is 0.907. The summed E-state index contributed by atoms with van der Waals surface area (Å²) in [6.07, 6.45) is -0.111. The molecule has 0 saturated heterocycles. The number of nitrogens with one attached hydrogen (secondary N) is 2. The third kappa shape index (κ3) is 3.63. The van der Waals surface area contributed by atoms with Crippen molar-refractivity contribution in [1.82, 2.24) is 0 Å². The molecule has 2 amide bonds. The van der Waals surface area contributed by atoms with Crippen LogP contribution in [0, 0.1) is 0 Å². The molecule has 0 fully saturated rings. The smallest absolute Gasteiger partial charge is 0.265 e. The Morgan fingerprint density at radius 2 is 1.87 bits per heavy atom. The number of anilines is 2.